The smallest absolute Gasteiger partial charge is 0.0821 e. The lowest BCUT2D eigenvalue weighted by Gasteiger charge is -2.11. The van der Waals surface area contributed by atoms with Crippen LogP contribution < -0.4 is 5.32 Å². The van der Waals surface area contributed by atoms with Crippen molar-refractivity contribution in [2.45, 2.75) is 6.92 Å². The maximum atomic E-state index is 6.35. The summed E-state index contributed by atoms with van der Waals surface area (Å²) in [7, 11) is 1.93. The molecule has 0 aliphatic carbocycles. The minimum atomic E-state index is 0.745. The Balaban J connectivity index is 1.97. The lowest BCUT2D eigenvalue weighted by Crippen LogP contribution is -1.96. The van der Waals surface area contributed by atoms with Crippen molar-refractivity contribution in [1.82, 2.24) is 9.78 Å². The summed E-state index contributed by atoms with van der Waals surface area (Å²) < 4.78 is 2.82. The average Bonchev–Trinajstić information content (AvgIpc) is 2.83. The van der Waals surface area contributed by atoms with Gasteiger partial charge >= 0.3 is 0 Å². The largest absolute Gasteiger partial charge is 0.354 e. The second kappa shape index (κ2) is 6.15. The Kier molecular flexibility index (Phi) is 4.23. The van der Waals surface area contributed by atoms with E-state index in [2.05, 4.69) is 38.5 Å². The Morgan fingerprint density at radius 1 is 1.18 bits per heavy atom. The summed E-state index contributed by atoms with van der Waals surface area (Å²) >= 11 is 9.89. The Morgan fingerprint density at radius 3 is 2.68 bits per heavy atom. The molecular weight excluding hydrogens is 362 g/mol. The fraction of sp³-hybridized carbons (Fsp3) is 0.118. The van der Waals surface area contributed by atoms with Gasteiger partial charge in [0.1, 0.15) is 0 Å². The summed E-state index contributed by atoms with van der Waals surface area (Å²) in [6, 6.07) is 14.1. The molecule has 0 aliphatic heterocycles. The van der Waals surface area contributed by atoms with Crippen molar-refractivity contribution in [3.05, 3.63) is 63.7 Å². The molecule has 0 saturated carbocycles. The van der Waals surface area contributed by atoms with Gasteiger partial charge < -0.3 is 5.32 Å². The summed E-state index contributed by atoms with van der Waals surface area (Å²) in [4.78, 5) is 0. The predicted molar refractivity (Wildman–Crippen MR) is 95.8 cm³/mol. The van der Waals surface area contributed by atoms with Crippen LogP contribution in [0.3, 0.4) is 0 Å². The molecule has 3 rings (SSSR count). The topological polar surface area (TPSA) is 29.9 Å². The van der Waals surface area contributed by atoms with Crippen molar-refractivity contribution in [2.24, 2.45) is 7.05 Å². The van der Waals surface area contributed by atoms with Gasteiger partial charge in [0, 0.05) is 18.3 Å². The highest BCUT2D eigenvalue weighted by atomic mass is 79.9. The summed E-state index contributed by atoms with van der Waals surface area (Å²) in [5.74, 6) is 0. The third-order valence-electron chi connectivity index (χ3n) is 3.50. The number of benzene rings is 2. The number of nitrogens with zero attached hydrogens (tertiary/aromatic N) is 2. The van der Waals surface area contributed by atoms with E-state index in [9.17, 15) is 0 Å². The quantitative estimate of drug-likeness (QED) is 0.649. The van der Waals surface area contributed by atoms with Gasteiger partial charge in [0.25, 0.3) is 0 Å². The molecule has 0 atom stereocenters. The monoisotopic (exact) mass is 375 g/mol. The van der Waals surface area contributed by atoms with E-state index in [-0.39, 0.29) is 0 Å². The number of hydrogen-bond donors (Lipinski definition) is 1. The highest BCUT2D eigenvalue weighted by molar-refractivity contribution is 9.10. The molecule has 0 fully saturated rings. The van der Waals surface area contributed by atoms with Crippen LogP contribution in [-0.2, 0) is 7.05 Å². The van der Waals surface area contributed by atoms with Crippen molar-refractivity contribution in [3.8, 4) is 11.3 Å². The van der Waals surface area contributed by atoms with Crippen molar-refractivity contribution in [1.29, 1.82) is 0 Å². The number of aryl methyl sites for hydroxylation is 2. The molecule has 2 aromatic carbocycles. The molecule has 3 nitrogen and oxygen atoms in total. The Bertz CT molecular complexity index is 807. The Morgan fingerprint density at radius 2 is 1.95 bits per heavy atom. The van der Waals surface area contributed by atoms with E-state index >= 15 is 0 Å². The van der Waals surface area contributed by atoms with E-state index < -0.39 is 0 Å². The molecule has 1 aromatic heterocycles. The fourth-order valence-electron chi connectivity index (χ4n) is 2.38. The van der Waals surface area contributed by atoms with Gasteiger partial charge in [-0.3, -0.25) is 4.68 Å². The highest BCUT2D eigenvalue weighted by Gasteiger charge is 2.10. The normalized spacial score (nSPS) is 10.7. The Hall–Kier alpha value is -1.78. The molecule has 0 saturated heterocycles. The van der Waals surface area contributed by atoms with Crippen LogP contribution in [0.25, 0.3) is 11.3 Å². The molecule has 0 aliphatic rings. The number of anilines is 2. The first kappa shape index (κ1) is 15.1. The molecule has 0 unspecified atom stereocenters. The number of aromatic nitrogens is 2. The van der Waals surface area contributed by atoms with E-state index in [0.717, 1.165) is 37.7 Å². The van der Waals surface area contributed by atoms with Gasteiger partial charge in [-0.2, -0.15) is 5.10 Å². The molecule has 3 aromatic rings. The molecule has 0 radical (unpaired) electrons. The first-order chi connectivity index (χ1) is 10.6. The van der Waals surface area contributed by atoms with Gasteiger partial charge in [-0.1, -0.05) is 35.9 Å². The number of nitrogens with one attached hydrogen (secondary N) is 1. The summed E-state index contributed by atoms with van der Waals surface area (Å²) in [6.45, 7) is 2.00. The van der Waals surface area contributed by atoms with Crippen molar-refractivity contribution in [2.75, 3.05) is 5.32 Å². The lowest BCUT2D eigenvalue weighted by molar-refractivity contribution is 0.776. The van der Waals surface area contributed by atoms with Crippen LogP contribution in [-0.4, -0.2) is 9.78 Å². The zero-order chi connectivity index (χ0) is 15.7. The number of halogens is 2. The maximum absolute atomic E-state index is 6.35. The summed E-state index contributed by atoms with van der Waals surface area (Å²) in [5, 5.41) is 8.38. The Labute approximate surface area is 143 Å². The van der Waals surface area contributed by atoms with E-state index in [4.69, 9.17) is 11.6 Å². The fourth-order valence-corrected chi connectivity index (χ4v) is 3.13. The molecule has 112 valence electrons. The zero-order valence-corrected chi connectivity index (χ0v) is 14.6. The van der Waals surface area contributed by atoms with Crippen molar-refractivity contribution in [3.63, 3.8) is 0 Å². The molecule has 0 bridgehead atoms. The van der Waals surface area contributed by atoms with Crippen LogP contribution in [0.5, 0.6) is 0 Å². The first-order valence-electron chi connectivity index (χ1n) is 6.86. The van der Waals surface area contributed by atoms with E-state index in [1.807, 2.05) is 49.0 Å². The average molecular weight is 377 g/mol. The summed E-state index contributed by atoms with van der Waals surface area (Å²) in [6.07, 6.45) is 1.80. The molecule has 0 amide bonds. The van der Waals surface area contributed by atoms with Gasteiger partial charge in [-0.05, 0) is 46.6 Å². The van der Waals surface area contributed by atoms with Gasteiger partial charge in [0.2, 0.25) is 0 Å². The molecule has 5 heteroatoms. The zero-order valence-electron chi connectivity index (χ0n) is 12.3. The predicted octanol–water partition coefficient (Wildman–Crippen LogP) is 5.56. The SMILES string of the molecule is Cc1cccc(Nc2cccc(-c3c(Br)cnn3C)c2)c1Cl. The molecule has 1 heterocycles. The maximum Gasteiger partial charge on any atom is 0.0821 e. The minimum absolute atomic E-state index is 0.745. The second-order valence-electron chi connectivity index (χ2n) is 5.11. The van der Waals surface area contributed by atoms with Crippen LogP contribution in [0, 0.1) is 6.92 Å². The molecule has 0 spiro atoms. The highest BCUT2D eigenvalue weighted by Crippen LogP contribution is 2.32. The molecule has 22 heavy (non-hydrogen) atoms. The van der Waals surface area contributed by atoms with E-state index in [0.29, 0.717) is 0 Å². The van der Waals surface area contributed by atoms with Gasteiger partial charge in [-0.15, -0.1) is 0 Å². The minimum Gasteiger partial charge on any atom is -0.354 e. The van der Waals surface area contributed by atoms with Crippen molar-refractivity contribution < 1.29 is 0 Å². The van der Waals surface area contributed by atoms with Crippen molar-refractivity contribution >= 4 is 38.9 Å². The van der Waals surface area contributed by atoms with E-state index in [1.54, 1.807) is 6.20 Å². The summed E-state index contributed by atoms with van der Waals surface area (Å²) in [5.41, 5.74) is 5.07. The van der Waals surface area contributed by atoms with Gasteiger partial charge in [0.15, 0.2) is 0 Å². The van der Waals surface area contributed by atoms with Crippen LogP contribution in [0.2, 0.25) is 5.02 Å². The van der Waals surface area contributed by atoms with Gasteiger partial charge in [0.05, 0.1) is 27.1 Å². The van der Waals surface area contributed by atoms with Crippen LogP contribution >= 0.6 is 27.5 Å². The second-order valence-corrected chi connectivity index (χ2v) is 6.34. The number of hydrogen-bond acceptors (Lipinski definition) is 2. The third-order valence-corrected chi connectivity index (χ3v) is 4.58. The third kappa shape index (κ3) is 2.89. The van der Waals surface area contributed by atoms with Crippen LogP contribution in [0.1, 0.15) is 5.56 Å². The molecular formula is C17H15BrClN3. The van der Waals surface area contributed by atoms with Crippen LogP contribution in [0.4, 0.5) is 11.4 Å². The first-order valence-corrected chi connectivity index (χ1v) is 8.03. The molecule has 1 N–H and O–H groups in total. The number of rotatable bonds is 3. The lowest BCUT2D eigenvalue weighted by atomic mass is 10.1. The standard InChI is InChI=1S/C17H15BrClN3/c1-11-5-3-8-15(16(11)19)21-13-7-4-6-12(9-13)17-14(18)10-20-22(17)2/h3-10,21H,1-2H3. The van der Waals surface area contributed by atoms with Gasteiger partial charge in [-0.25, -0.2) is 0 Å². The van der Waals surface area contributed by atoms with Crippen LogP contribution in [0.15, 0.2) is 53.1 Å². The van der Waals surface area contributed by atoms with E-state index in [1.165, 1.54) is 0 Å².